The van der Waals surface area contributed by atoms with Gasteiger partial charge >= 0.3 is 0 Å². The number of nitrogens with one attached hydrogen (secondary N) is 1. The molecular formula is C22H26N4O4S. The summed E-state index contributed by atoms with van der Waals surface area (Å²) in [6, 6.07) is 14.3. The summed E-state index contributed by atoms with van der Waals surface area (Å²) in [7, 11) is -3.65. The van der Waals surface area contributed by atoms with Gasteiger partial charge in [-0.2, -0.15) is 0 Å². The number of carbonyl (C=O) groups is 1. The van der Waals surface area contributed by atoms with Crippen LogP contribution in [0, 0.1) is 6.92 Å². The van der Waals surface area contributed by atoms with Gasteiger partial charge in [-0.25, -0.2) is 13.4 Å². The van der Waals surface area contributed by atoms with Gasteiger partial charge in [0.25, 0.3) is 0 Å². The second kappa shape index (κ2) is 9.65. The number of aromatic nitrogens is 2. The first-order chi connectivity index (χ1) is 14.8. The van der Waals surface area contributed by atoms with Gasteiger partial charge in [0.2, 0.25) is 15.9 Å². The number of amides is 1. The van der Waals surface area contributed by atoms with E-state index >= 15 is 0 Å². The van der Waals surface area contributed by atoms with Crippen molar-refractivity contribution in [1.29, 1.82) is 0 Å². The molecule has 0 aliphatic rings. The molecule has 0 aliphatic carbocycles. The van der Waals surface area contributed by atoms with Gasteiger partial charge in [0.15, 0.2) is 0 Å². The first-order valence-corrected chi connectivity index (χ1v) is 11.7. The van der Waals surface area contributed by atoms with E-state index in [0.717, 1.165) is 27.6 Å². The fourth-order valence-electron chi connectivity index (χ4n) is 3.18. The van der Waals surface area contributed by atoms with Crippen molar-refractivity contribution in [1.82, 2.24) is 14.9 Å². The average Bonchev–Trinajstić information content (AvgIpc) is 3.16. The fraction of sp³-hybridized carbons (Fsp3) is 0.273. The lowest BCUT2D eigenvalue weighted by Crippen LogP contribution is -2.40. The molecule has 9 heteroatoms. The molecule has 0 aliphatic heterocycles. The van der Waals surface area contributed by atoms with Gasteiger partial charge in [-0.1, -0.05) is 18.2 Å². The quantitative estimate of drug-likeness (QED) is 0.550. The van der Waals surface area contributed by atoms with Crippen molar-refractivity contribution < 1.29 is 17.9 Å². The molecule has 2 aromatic carbocycles. The van der Waals surface area contributed by atoms with Gasteiger partial charge in [0.05, 0.1) is 24.2 Å². The van der Waals surface area contributed by atoms with Crippen LogP contribution in [0.2, 0.25) is 0 Å². The smallest absolute Gasteiger partial charge is 0.241 e. The number of aryl methyl sites for hydroxylation is 1. The van der Waals surface area contributed by atoms with Crippen LogP contribution in [0.5, 0.6) is 5.75 Å². The highest BCUT2D eigenvalue weighted by Crippen LogP contribution is 2.22. The normalized spacial score (nSPS) is 11.2. The monoisotopic (exact) mass is 442 g/mol. The van der Waals surface area contributed by atoms with Crippen LogP contribution in [-0.2, 0) is 21.4 Å². The number of ether oxygens (including phenoxy) is 1. The summed E-state index contributed by atoms with van der Waals surface area (Å²) < 4.78 is 33.0. The third kappa shape index (κ3) is 5.64. The number of nitrogens with zero attached hydrogens (tertiary/aromatic N) is 3. The van der Waals surface area contributed by atoms with E-state index in [1.165, 1.54) is 0 Å². The molecule has 0 radical (unpaired) electrons. The zero-order valence-electron chi connectivity index (χ0n) is 17.8. The lowest BCUT2D eigenvalue weighted by Gasteiger charge is -2.22. The van der Waals surface area contributed by atoms with Crippen molar-refractivity contribution in [3.63, 3.8) is 0 Å². The third-order valence-electron chi connectivity index (χ3n) is 4.68. The largest absolute Gasteiger partial charge is 0.494 e. The maximum absolute atomic E-state index is 12.6. The Hall–Kier alpha value is -3.33. The Labute approximate surface area is 182 Å². The summed E-state index contributed by atoms with van der Waals surface area (Å²) in [6.45, 7) is 4.22. The van der Waals surface area contributed by atoms with E-state index in [2.05, 4.69) is 10.3 Å². The summed E-state index contributed by atoms with van der Waals surface area (Å²) in [4.78, 5) is 16.9. The summed E-state index contributed by atoms with van der Waals surface area (Å²) in [5, 5.41) is 2.82. The first kappa shape index (κ1) is 22.4. The number of anilines is 1. The van der Waals surface area contributed by atoms with Crippen molar-refractivity contribution in [2.24, 2.45) is 0 Å². The van der Waals surface area contributed by atoms with Gasteiger partial charge in [-0.15, -0.1) is 0 Å². The van der Waals surface area contributed by atoms with Crippen LogP contribution in [0.3, 0.4) is 0 Å². The second-order valence-corrected chi connectivity index (χ2v) is 8.85. The standard InChI is InChI=1S/C22H26N4O4S/c1-4-30-20-11-9-19(10-12-20)26(31(3,28)29)16-22(27)24-15-18-7-5-6-8-21(18)25-14-13-23-17(25)2/h5-14H,4,15-16H2,1-3H3,(H,24,27). The zero-order valence-corrected chi connectivity index (χ0v) is 18.6. The van der Waals surface area contributed by atoms with E-state index in [1.807, 2.05) is 48.9 Å². The molecular weight excluding hydrogens is 416 g/mol. The van der Waals surface area contributed by atoms with Crippen molar-refractivity contribution in [2.45, 2.75) is 20.4 Å². The molecule has 8 nitrogen and oxygen atoms in total. The van der Waals surface area contributed by atoms with Crippen LogP contribution in [-0.4, -0.2) is 43.3 Å². The van der Waals surface area contributed by atoms with Crippen LogP contribution in [0.15, 0.2) is 60.9 Å². The molecule has 0 unspecified atom stereocenters. The topological polar surface area (TPSA) is 93.5 Å². The molecule has 3 rings (SSSR count). The molecule has 164 valence electrons. The highest BCUT2D eigenvalue weighted by Gasteiger charge is 2.21. The Balaban J connectivity index is 1.72. The maximum Gasteiger partial charge on any atom is 0.241 e. The molecule has 0 fully saturated rings. The Morgan fingerprint density at radius 2 is 1.87 bits per heavy atom. The summed E-state index contributed by atoms with van der Waals surface area (Å²) >= 11 is 0. The predicted octanol–water partition coefficient (Wildman–Crippen LogP) is 2.66. The number of imidazole rings is 1. The number of hydrogen-bond donors (Lipinski definition) is 1. The van der Waals surface area contributed by atoms with Crippen LogP contribution >= 0.6 is 0 Å². The van der Waals surface area contributed by atoms with Crippen molar-refractivity contribution >= 4 is 21.6 Å². The minimum Gasteiger partial charge on any atom is -0.494 e. The van der Waals surface area contributed by atoms with Crippen molar-refractivity contribution in [2.75, 3.05) is 23.7 Å². The number of benzene rings is 2. The number of sulfonamides is 1. The van der Waals surface area contributed by atoms with Crippen LogP contribution < -0.4 is 14.4 Å². The highest BCUT2D eigenvalue weighted by atomic mass is 32.2. The third-order valence-corrected chi connectivity index (χ3v) is 5.82. The molecule has 0 bridgehead atoms. The van der Waals surface area contributed by atoms with E-state index < -0.39 is 15.9 Å². The van der Waals surface area contributed by atoms with E-state index in [9.17, 15) is 13.2 Å². The maximum atomic E-state index is 12.6. The molecule has 0 spiro atoms. The number of rotatable bonds is 9. The lowest BCUT2D eigenvalue weighted by atomic mass is 10.1. The van der Waals surface area contributed by atoms with Crippen LogP contribution in [0.1, 0.15) is 18.3 Å². The Bertz CT molecular complexity index is 1140. The number of hydrogen-bond acceptors (Lipinski definition) is 5. The number of para-hydroxylation sites is 1. The van der Waals surface area contributed by atoms with Gasteiger partial charge in [-0.3, -0.25) is 9.10 Å². The van der Waals surface area contributed by atoms with E-state index in [0.29, 0.717) is 18.0 Å². The SMILES string of the molecule is CCOc1ccc(N(CC(=O)NCc2ccccc2-n2ccnc2C)S(C)(=O)=O)cc1. The summed E-state index contributed by atoms with van der Waals surface area (Å²) in [5.41, 5.74) is 2.20. The minimum atomic E-state index is -3.65. The molecule has 1 N–H and O–H groups in total. The molecule has 1 heterocycles. The molecule has 31 heavy (non-hydrogen) atoms. The van der Waals surface area contributed by atoms with Gasteiger partial charge in [0.1, 0.15) is 18.1 Å². The molecule has 0 saturated heterocycles. The van der Waals surface area contributed by atoms with E-state index in [-0.39, 0.29) is 13.1 Å². The molecule has 0 saturated carbocycles. The number of carbonyl (C=O) groups excluding carboxylic acids is 1. The average molecular weight is 443 g/mol. The fourth-order valence-corrected chi connectivity index (χ4v) is 4.04. The lowest BCUT2D eigenvalue weighted by molar-refractivity contribution is -0.119. The molecule has 1 aromatic heterocycles. The highest BCUT2D eigenvalue weighted by molar-refractivity contribution is 7.92. The van der Waals surface area contributed by atoms with Gasteiger partial charge in [0, 0.05) is 18.9 Å². The minimum absolute atomic E-state index is 0.257. The van der Waals surface area contributed by atoms with E-state index in [4.69, 9.17) is 4.74 Å². The second-order valence-electron chi connectivity index (χ2n) is 6.95. The summed E-state index contributed by atoms with van der Waals surface area (Å²) in [5.74, 6) is 1.06. The predicted molar refractivity (Wildman–Crippen MR) is 120 cm³/mol. The Morgan fingerprint density at radius 3 is 2.48 bits per heavy atom. The zero-order chi connectivity index (χ0) is 22.4. The van der Waals surface area contributed by atoms with Gasteiger partial charge < -0.3 is 14.6 Å². The Kier molecular flexibility index (Phi) is 6.96. The van der Waals surface area contributed by atoms with Crippen molar-refractivity contribution in [3.8, 4) is 11.4 Å². The van der Waals surface area contributed by atoms with Gasteiger partial charge in [-0.05, 0) is 49.7 Å². The van der Waals surface area contributed by atoms with Crippen LogP contribution in [0.4, 0.5) is 5.69 Å². The van der Waals surface area contributed by atoms with E-state index in [1.54, 1.807) is 30.5 Å². The first-order valence-electron chi connectivity index (χ1n) is 9.85. The molecule has 0 atom stereocenters. The summed E-state index contributed by atoms with van der Waals surface area (Å²) in [6.07, 6.45) is 4.65. The molecule has 1 amide bonds. The van der Waals surface area contributed by atoms with Crippen LogP contribution in [0.25, 0.3) is 5.69 Å². The Morgan fingerprint density at radius 1 is 1.16 bits per heavy atom. The molecule has 3 aromatic rings. The van der Waals surface area contributed by atoms with Crippen molar-refractivity contribution in [3.05, 3.63) is 72.3 Å².